The van der Waals surface area contributed by atoms with E-state index in [1.165, 1.54) is 38.5 Å². The second kappa shape index (κ2) is 25.1. The number of carboxylic acid groups (broad SMARTS) is 1. The monoisotopic (exact) mass is 1190 g/mol. The van der Waals surface area contributed by atoms with E-state index in [9.17, 15) is 49.5 Å². The number of ether oxygens (including phenoxy) is 2. The second-order valence-corrected chi connectivity index (χ2v) is 19.5. The molecule has 2 amide bonds. The number of aromatic hydroxyl groups is 4. The normalized spacial score (nSPS) is 10.7. The lowest BCUT2D eigenvalue weighted by atomic mass is 9.97. The Morgan fingerprint density at radius 2 is 0.929 bits per heavy atom. The molecule has 0 unspecified atom stereocenters. The maximum Gasteiger partial charge on any atom is 0.372 e. The molecule has 0 aliphatic carbocycles. The zero-order valence-electron chi connectivity index (χ0n) is 44.2. The third-order valence-electron chi connectivity index (χ3n) is 12.8. The molecular weight excluding hydrogens is 1140 g/mol. The number of methoxy groups -OCH3 is 2. The number of hydrogen-bond acceptors (Lipinski definition) is 14. The number of aryl methyl sites for hydroxylation is 1. The number of nitrogens with one attached hydrogen (secondary N) is 3. The van der Waals surface area contributed by atoms with Gasteiger partial charge in [0.15, 0.2) is 0 Å². The molecule has 0 bridgehead atoms. The number of phenols is 4. The van der Waals surface area contributed by atoms with Gasteiger partial charge in [-0.1, -0.05) is 125 Å². The molecule has 0 atom stereocenters. The lowest BCUT2D eigenvalue weighted by Gasteiger charge is -2.12. The Balaban J connectivity index is 0.000000152. The SMILES string of the molecule is COc1ccc(-c2c(C(=O)Nc3ccccc3)oc3cc(O)c(Cl)cc3c2=O)cc1.COc1ccc(-c2c(C(=O)O)oc3cc(O)c(Cl)cc3c2=O)cc1.Cc1ccc(-c2c(-c3cc(Cl)c(O)cc3O)n[nH]c2C(=O)Nc2ccccc2)cc1. The number of para-hydroxylation sites is 2. The van der Waals surface area contributed by atoms with Crippen molar-refractivity contribution < 1.29 is 58.2 Å². The van der Waals surface area contributed by atoms with E-state index in [1.807, 2.05) is 55.5 Å². The standard InChI is InChI=1S/C23H18ClN3O3.C23H16ClNO5.C17H11ClO6/c1-13-7-9-14(10-8-13)20-21(16-11-17(24)19(29)12-18(16)28)26-27-22(20)23(30)25-15-5-3-2-4-6-15;1-29-15-9-7-13(8-10-15)20-21(27)16-11-17(24)18(26)12-19(16)30-22(20)23(28)25-14-5-3-2-4-6-14;1-23-9-4-2-8(3-5-9)14-15(20)10-6-11(18)12(19)7-13(10)24-16(14)17(21)22/h2-12,28-29H,1H3,(H,25,30)(H,26,27);2-12,26H,1H3,(H,25,28);2-7,19H,1H3,(H,21,22). The van der Waals surface area contributed by atoms with Crippen molar-refractivity contribution in [2.24, 2.45) is 0 Å². The van der Waals surface area contributed by atoms with Crippen LogP contribution in [0.2, 0.25) is 15.1 Å². The van der Waals surface area contributed by atoms with Gasteiger partial charge < -0.3 is 54.5 Å². The number of fused-ring (bicyclic) bond motifs is 2. The Hall–Kier alpha value is -10.5. The minimum Gasteiger partial charge on any atom is -0.507 e. The first-order chi connectivity index (χ1) is 40.3. The fraction of sp³-hybridized carbons (Fsp3) is 0.0476. The summed E-state index contributed by atoms with van der Waals surface area (Å²) in [6.45, 7) is 1.97. The molecule has 0 radical (unpaired) electrons. The lowest BCUT2D eigenvalue weighted by molar-refractivity contribution is 0.0663. The number of carboxylic acids is 1. The Morgan fingerprint density at radius 3 is 1.40 bits per heavy atom. The Bertz CT molecular complexity index is 4420. The molecule has 21 heteroatoms. The van der Waals surface area contributed by atoms with Crippen LogP contribution >= 0.6 is 34.8 Å². The van der Waals surface area contributed by atoms with Crippen LogP contribution in [0.4, 0.5) is 11.4 Å². The third-order valence-corrected chi connectivity index (χ3v) is 13.7. The molecule has 422 valence electrons. The Labute approximate surface area is 490 Å². The van der Waals surface area contributed by atoms with E-state index in [4.69, 9.17) is 53.1 Å². The predicted octanol–water partition coefficient (Wildman–Crippen LogP) is 14.0. The zero-order valence-corrected chi connectivity index (χ0v) is 46.4. The van der Waals surface area contributed by atoms with Gasteiger partial charge in [-0.3, -0.25) is 24.3 Å². The van der Waals surface area contributed by atoms with Gasteiger partial charge in [0.25, 0.3) is 11.8 Å². The highest BCUT2D eigenvalue weighted by Crippen LogP contribution is 2.42. The largest absolute Gasteiger partial charge is 0.507 e. The zero-order chi connectivity index (χ0) is 59.9. The van der Waals surface area contributed by atoms with Crippen molar-refractivity contribution in [2.75, 3.05) is 24.9 Å². The van der Waals surface area contributed by atoms with Gasteiger partial charge in [-0.25, -0.2) is 4.79 Å². The van der Waals surface area contributed by atoms with E-state index in [0.717, 1.165) is 23.3 Å². The van der Waals surface area contributed by atoms with Crippen LogP contribution in [0.3, 0.4) is 0 Å². The van der Waals surface area contributed by atoms with Crippen LogP contribution in [-0.4, -0.2) is 67.7 Å². The number of rotatable bonds is 11. The summed E-state index contributed by atoms with van der Waals surface area (Å²) in [6, 6.07) is 46.0. The molecule has 0 fully saturated rings. The number of amides is 2. The quantitative estimate of drug-likeness (QED) is 0.0597. The number of nitrogens with zero attached hydrogens (tertiary/aromatic N) is 1. The van der Waals surface area contributed by atoms with Crippen molar-refractivity contribution >= 4 is 85.9 Å². The number of halogens is 3. The van der Waals surface area contributed by atoms with E-state index in [0.29, 0.717) is 50.8 Å². The van der Waals surface area contributed by atoms with Gasteiger partial charge in [0, 0.05) is 40.7 Å². The highest BCUT2D eigenvalue weighted by Gasteiger charge is 2.27. The summed E-state index contributed by atoms with van der Waals surface area (Å²) in [5, 5.41) is 62.0. The summed E-state index contributed by atoms with van der Waals surface area (Å²) in [5.74, 6) is -2.89. The van der Waals surface area contributed by atoms with Gasteiger partial charge in [0.2, 0.25) is 22.4 Å². The van der Waals surface area contributed by atoms with Crippen molar-refractivity contribution in [2.45, 2.75) is 6.92 Å². The summed E-state index contributed by atoms with van der Waals surface area (Å²) in [7, 11) is 3.03. The Morgan fingerprint density at radius 1 is 0.512 bits per heavy atom. The molecule has 0 aliphatic rings. The van der Waals surface area contributed by atoms with Gasteiger partial charge in [-0.05, 0) is 90.3 Å². The van der Waals surface area contributed by atoms with Crippen LogP contribution < -0.4 is 31.0 Å². The summed E-state index contributed by atoms with van der Waals surface area (Å²) < 4.78 is 21.3. The summed E-state index contributed by atoms with van der Waals surface area (Å²) in [4.78, 5) is 63.6. The molecule has 8 aromatic carbocycles. The van der Waals surface area contributed by atoms with Gasteiger partial charge >= 0.3 is 5.97 Å². The molecule has 3 heterocycles. The van der Waals surface area contributed by atoms with Crippen LogP contribution in [-0.2, 0) is 0 Å². The molecule has 8 N–H and O–H groups in total. The average Bonchev–Trinajstić information content (AvgIpc) is 1.71. The number of carbonyl (C=O) groups is 3. The number of anilines is 2. The van der Waals surface area contributed by atoms with E-state index in [-0.39, 0.29) is 88.5 Å². The van der Waals surface area contributed by atoms with Crippen molar-refractivity contribution in [1.82, 2.24) is 10.2 Å². The molecule has 0 saturated carbocycles. The van der Waals surface area contributed by atoms with Crippen molar-refractivity contribution in [1.29, 1.82) is 0 Å². The van der Waals surface area contributed by atoms with Crippen molar-refractivity contribution in [3.8, 4) is 79.1 Å². The van der Waals surface area contributed by atoms with Crippen molar-refractivity contribution in [3.63, 3.8) is 0 Å². The topological polar surface area (TPSA) is 284 Å². The minimum atomic E-state index is -1.39. The first kappa shape index (κ1) is 58.1. The number of aromatic carboxylic acids is 1. The average molecular weight is 1190 g/mol. The van der Waals surface area contributed by atoms with Crippen LogP contribution in [0, 0.1) is 6.92 Å². The number of aromatic amines is 1. The van der Waals surface area contributed by atoms with Gasteiger partial charge in [-0.15, -0.1) is 0 Å². The number of aromatic nitrogens is 2. The first-order valence-electron chi connectivity index (χ1n) is 24.9. The molecule has 3 aromatic heterocycles. The van der Waals surface area contributed by atoms with Crippen LogP contribution in [0.1, 0.15) is 37.2 Å². The van der Waals surface area contributed by atoms with E-state index >= 15 is 0 Å². The smallest absolute Gasteiger partial charge is 0.372 e. The molecule has 84 heavy (non-hydrogen) atoms. The van der Waals surface area contributed by atoms with E-state index in [2.05, 4.69) is 20.8 Å². The van der Waals surface area contributed by atoms with Gasteiger partial charge in [0.1, 0.15) is 57.1 Å². The molecule has 0 aliphatic heterocycles. The summed E-state index contributed by atoms with van der Waals surface area (Å²) in [6.07, 6.45) is 0. The highest BCUT2D eigenvalue weighted by atomic mass is 35.5. The minimum absolute atomic E-state index is 0.0111. The maximum atomic E-state index is 13.3. The third kappa shape index (κ3) is 12.5. The first-order valence-corrected chi connectivity index (χ1v) is 26.1. The van der Waals surface area contributed by atoms with Crippen LogP contribution in [0.25, 0.3) is 66.6 Å². The number of hydrogen-bond donors (Lipinski definition) is 8. The fourth-order valence-electron chi connectivity index (χ4n) is 8.62. The predicted molar refractivity (Wildman–Crippen MR) is 321 cm³/mol. The number of carbonyl (C=O) groups excluding carboxylic acids is 2. The van der Waals surface area contributed by atoms with E-state index in [1.54, 1.807) is 84.9 Å². The van der Waals surface area contributed by atoms with Crippen LogP contribution in [0.5, 0.6) is 34.5 Å². The lowest BCUT2D eigenvalue weighted by Crippen LogP contribution is -2.18. The van der Waals surface area contributed by atoms with E-state index < -0.39 is 28.5 Å². The number of benzene rings is 8. The molecule has 11 aromatic rings. The molecule has 0 saturated heterocycles. The fourth-order valence-corrected chi connectivity index (χ4v) is 9.12. The molecule has 0 spiro atoms. The highest BCUT2D eigenvalue weighted by molar-refractivity contribution is 6.33. The molecule has 18 nitrogen and oxygen atoms in total. The van der Waals surface area contributed by atoms with Gasteiger partial charge in [-0.2, -0.15) is 5.10 Å². The molecular formula is C63H45Cl3N4O14. The Kier molecular flexibility index (Phi) is 17.4. The number of H-pyrrole nitrogens is 1. The number of phenolic OH excluding ortho intramolecular Hbond substituents is 4. The summed E-state index contributed by atoms with van der Waals surface area (Å²) >= 11 is 17.9. The van der Waals surface area contributed by atoms with Crippen molar-refractivity contribution in [3.05, 3.63) is 228 Å². The maximum absolute atomic E-state index is 13.3. The second-order valence-electron chi connectivity index (χ2n) is 18.3. The van der Waals surface area contributed by atoms with Crippen LogP contribution in [0.15, 0.2) is 188 Å². The summed E-state index contributed by atoms with van der Waals surface area (Å²) in [5.41, 5.74) is 4.22. The molecule has 11 rings (SSSR count). The van der Waals surface area contributed by atoms with Gasteiger partial charge in [0.05, 0.1) is 51.2 Å².